The molecule has 0 saturated carbocycles. The molecule has 0 saturated heterocycles. The van der Waals surface area contributed by atoms with Gasteiger partial charge in [-0.2, -0.15) is 4.98 Å². The fraction of sp³-hybridized carbons (Fsp3) is 0.211. The zero-order valence-electron chi connectivity index (χ0n) is 15.8. The molecule has 1 atom stereocenters. The molecule has 0 fully saturated rings. The molecule has 30 heavy (non-hydrogen) atoms. The van der Waals surface area contributed by atoms with E-state index in [0.717, 1.165) is 16.1 Å². The van der Waals surface area contributed by atoms with E-state index < -0.39 is 22.0 Å². The van der Waals surface area contributed by atoms with Crippen molar-refractivity contribution in [2.45, 2.75) is 12.6 Å². The maximum Gasteiger partial charge on any atom is 0.263 e. The zero-order chi connectivity index (χ0) is 21.3. The Hall–Kier alpha value is -3.11. The first-order valence-electron chi connectivity index (χ1n) is 8.91. The Labute approximate surface area is 177 Å². The average molecular weight is 449 g/mol. The van der Waals surface area contributed by atoms with Gasteiger partial charge in [0.15, 0.2) is 6.10 Å². The molecule has 3 aromatic rings. The van der Waals surface area contributed by atoms with Crippen molar-refractivity contribution < 1.29 is 22.5 Å². The number of carbonyl (C=O) groups is 1. The first kappa shape index (κ1) is 20.2. The highest BCUT2D eigenvalue weighted by Crippen LogP contribution is 2.37. The summed E-state index contributed by atoms with van der Waals surface area (Å²) in [4.78, 5) is 16.9. The van der Waals surface area contributed by atoms with E-state index in [9.17, 15) is 13.2 Å². The molecule has 1 N–H and O–H groups in total. The molecule has 0 spiro atoms. The number of rotatable bonds is 5. The third-order valence-corrected chi connectivity index (χ3v) is 5.78. The predicted molar refractivity (Wildman–Crippen MR) is 110 cm³/mol. The fourth-order valence-corrected chi connectivity index (χ4v) is 4.06. The van der Waals surface area contributed by atoms with Crippen LogP contribution < -0.4 is 14.4 Å². The van der Waals surface area contributed by atoms with Gasteiger partial charge in [0.1, 0.15) is 5.75 Å². The van der Waals surface area contributed by atoms with Crippen LogP contribution in [0.25, 0.3) is 11.4 Å². The number of nitrogens with zero attached hydrogens (tertiary/aromatic N) is 3. The van der Waals surface area contributed by atoms with Gasteiger partial charge in [0, 0.05) is 10.6 Å². The van der Waals surface area contributed by atoms with Crippen LogP contribution in [0.3, 0.4) is 0 Å². The van der Waals surface area contributed by atoms with E-state index in [-0.39, 0.29) is 24.7 Å². The molecule has 0 aliphatic carbocycles. The standard InChI is InChI=1S/C19H17ClN4O5S/c1-30(26,27)24-11-16(28-15-8-7-13(20)9-14(15)24)19(25)21-10-17-22-18(23-29-17)12-5-3-2-4-6-12/h2-9,16H,10-11H2,1H3,(H,21,25)/t16-/m1/s1. The van der Waals surface area contributed by atoms with E-state index in [2.05, 4.69) is 15.5 Å². The van der Waals surface area contributed by atoms with Gasteiger partial charge in [0.25, 0.3) is 5.91 Å². The Bertz CT molecular complexity index is 1180. The Kier molecular flexibility index (Phi) is 5.35. The van der Waals surface area contributed by atoms with Crippen molar-refractivity contribution in [3.8, 4) is 17.1 Å². The van der Waals surface area contributed by atoms with Crippen LogP contribution >= 0.6 is 11.6 Å². The molecule has 2 aromatic carbocycles. The lowest BCUT2D eigenvalue weighted by molar-refractivity contribution is -0.128. The maximum atomic E-state index is 12.6. The normalized spacial score (nSPS) is 15.9. The largest absolute Gasteiger partial charge is 0.476 e. The monoisotopic (exact) mass is 448 g/mol. The van der Waals surface area contributed by atoms with E-state index in [1.165, 1.54) is 12.1 Å². The zero-order valence-corrected chi connectivity index (χ0v) is 17.4. The Morgan fingerprint density at radius 3 is 2.77 bits per heavy atom. The summed E-state index contributed by atoms with van der Waals surface area (Å²) < 4.78 is 36.4. The quantitative estimate of drug-likeness (QED) is 0.636. The van der Waals surface area contributed by atoms with Gasteiger partial charge in [-0.05, 0) is 18.2 Å². The number of fused-ring (bicyclic) bond motifs is 1. The molecule has 4 rings (SSSR count). The average Bonchev–Trinajstić information content (AvgIpc) is 3.20. The maximum absolute atomic E-state index is 12.6. The van der Waals surface area contributed by atoms with Gasteiger partial charge in [-0.15, -0.1) is 0 Å². The van der Waals surface area contributed by atoms with Crippen LogP contribution in [0.5, 0.6) is 5.75 Å². The molecule has 1 aliphatic rings. The summed E-state index contributed by atoms with van der Waals surface area (Å²) in [7, 11) is -3.64. The van der Waals surface area contributed by atoms with Crippen molar-refractivity contribution in [1.29, 1.82) is 0 Å². The van der Waals surface area contributed by atoms with Crippen molar-refractivity contribution >= 4 is 33.2 Å². The molecule has 1 aromatic heterocycles. The van der Waals surface area contributed by atoms with Crippen molar-refractivity contribution in [2.24, 2.45) is 0 Å². The molecule has 9 nitrogen and oxygen atoms in total. The van der Waals surface area contributed by atoms with E-state index >= 15 is 0 Å². The van der Waals surface area contributed by atoms with Crippen LogP contribution in [0.2, 0.25) is 5.02 Å². The number of amides is 1. The van der Waals surface area contributed by atoms with Gasteiger partial charge in [0.2, 0.25) is 21.7 Å². The Morgan fingerprint density at radius 1 is 1.27 bits per heavy atom. The van der Waals surface area contributed by atoms with Crippen LogP contribution in [-0.4, -0.2) is 43.4 Å². The Balaban J connectivity index is 1.46. The number of anilines is 1. The number of carbonyl (C=O) groups excluding carboxylic acids is 1. The summed E-state index contributed by atoms with van der Waals surface area (Å²) in [5.74, 6) is 0.358. The lowest BCUT2D eigenvalue weighted by Gasteiger charge is -2.33. The number of hydrogen-bond donors (Lipinski definition) is 1. The van der Waals surface area contributed by atoms with Crippen molar-refractivity contribution in [2.75, 3.05) is 17.1 Å². The molecule has 0 bridgehead atoms. The van der Waals surface area contributed by atoms with Crippen LogP contribution in [0.4, 0.5) is 5.69 Å². The molecule has 1 aliphatic heterocycles. The smallest absolute Gasteiger partial charge is 0.263 e. The first-order chi connectivity index (χ1) is 14.3. The summed E-state index contributed by atoms with van der Waals surface area (Å²) in [5, 5.41) is 6.89. The van der Waals surface area contributed by atoms with Crippen molar-refractivity contribution in [3.05, 3.63) is 59.4 Å². The topological polar surface area (TPSA) is 115 Å². The molecule has 1 amide bonds. The summed E-state index contributed by atoms with van der Waals surface area (Å²) in [6, 6.07) is 13.8. The molecular formula is C19H17ClN4O5S. The van der Waals surface area contributed by atoms with Gasteiger partial charge in [-0.1, -0.05) is 47.1 Å². The predicted octanol–water partition coefficient (Wildman–Crippen LogP) is 2.23. The van der Waals surface area contributed by atoms with E-state index in [1.54, 1.807) is 6.07 Å². The molecule has 0 radical (unpaired) electrons. The van der Waals surface area contributed by atoms with Crippen molar-refractivity contribution in [1.82, 2.24) is 15.5 Å². The SMILES string of the molecule is CS(=O)(=O)N1C[C@H](C(=O)NCc2nc(-c3ccccc3)no2)Oc2ccc(Cl)cc21. The third kappa shape index (κ3) is 4.24. The highest BCUT2D eigenvalue weighted by Gasteiger charge is 2.35. The lowest BCUT2D eigenvalue weighted by Crippen LogP contribution is -2.50. The highest BCUT2D eigenvalue weighted by atomic mass is 35.5. The number of benzene rings is 2. The van der Waals surface area contributed by atoms with Crippen LogP contribution in [0, 0.1) is 0 Å². The van der Waals surface area contributed by atoms with Gasteiger partial charge < -0.3 is 14.6 Å². The third-order valence-electron chi connectivity index (χ3n) is 4.40. The van der Waals surface area contributed by atoms with E-state index in [0.29, 0.717) is 16.5 Å². The number of sulfonamides is 1. The fourth-order valence-electron chi connectivity index (χ4n) is 2.98. The molecule has 11 heteroatoms. The summed E-state index contributed by atoms with van der Waals surface area (Å²) >= 11 is 5.98. The van der Waals surface area contributed by atoms with Crippen LogP contribution in [0.1, 0.15) is 5.89 Å². The number of halogens is 1. The van der Waals surface area contributed by atoms with Gasteiger partial charge >= 0.3 is 0 Å². The molecule has 0 unspecified atom stereocenters. The van der Waals surface area contributed by atoms with E-state index in [1.807, 2.05) is 30.3 Å². The van der Waals surface area contributed by atoms with Crippen molar-refractivity contribution in [3.63, 3.8) is 0 Å². The molecular weight excluding hydrogens is 432 g/mol. The Morgan fingerprint density at radius 2 is 2.03 bits per heavy atom. The summed E-state index contributed by atoms with van der Waals surface area (Å²) in [6.07, 6.45) is 0.00606. The lowest BCUT2D eigenvalue weighted by atomic mass is 10.2. The minimum absolute atomic E-state index is 0.0229. The van der Waals surface area contributed by atoms with Gasteiger partial charge in [-0.25, -0.2) is 8.42 Å². The minimum atomic E-state index is -3.64. The van der Waals surface area contributed by atoms with Gasteiger partial charge in [-0.3, -0.25) is 9.10 Å². The van der Waals surface area contributed by atoms with E-state index in [4.69, 9.17) is 20.9 Å². The second-order valence-electron chi connectivity index (χ2n) is 6.61. The molecule has 2 heterocycles. The van der Waals surface area contributed by atoms with Crippen LogP contribution in [0.15, 0.2) is 53.1 Å². The molecule has 156 valence electrons. The van der Waals surface area contributed by atoms with Gasteiger partial charge in [0.05, 0.1) is 25.0 Å². The second kappa shape index (κ2) is 7.96. The van der Waals surface area contributed by atoms with Crippen LogP contribution in [-0.2, 0) is 21.4 Å². The summed E-state index contributed by atoms with van der Waals surface area (Å²) in [5.41, 5.74) is 1.08. The highest BCUT2D eigenvalue weighted by molar-refractivity contribution is 7.92. The number of nitrogens with one attached hydrogen (secondary N) is 1. The number of hydrogen-bond acceptors (Lipinski definition) is 7. The minimum Gasteiger partial charge on any atom is -0.476 e. The summed E-state index contributed by atoms with van der Waals surface area (Å²) in [6.45, 7) is -0.206. The second-order valence-corrected chi connectivity index (χ2v) is 8.95. The number of aromatic nitrogens is 2. The number of ether oxygens (including phenoxy) is 1. The first-order valence-corrected chi connectivity index (χ1v) is 11.1.